The van der Waals surface area contributed by atoms with Gasteiger partial charge in [0, 0.05) is 44.6 Å². The van der Waals surface area contributed by atoms with Crippen LogP contribution in [0.4, 0.5) is 0 Å². The van der Waals surface area contributed by atoms with Gasteiger partial charge in [-0.25, -0.2) is 0 Å². The Morgan fingerprint density at radius 3 is 1.89 bits per heavy atom. The molecule has 5 aromatic carbocycles. The lowest BCUT2D eigenvalue weighted by molar-refractivity contribution is 0.590. The van der Waals surface area contributed by atoms with Crippen LogP contribution in [0.5, 0.6) is 0 Å². The summed E-state index contributed by atoms with van der Waals surface area (Å²) in [6.07, 6.45) is 0.823. The average Bonchev–Trinajstić information content (AvgIpc) is 2.91. The Hall–Kier alpha value is -2.89. The molecule has 0 radical (unpaired) electrons. The molecule has 170 valence electrons. The maximum absolute atomic E-state index is 13.2. The lowest BCUT2D eigenvalue weighted by atomic mass is 10.0. The topological polar surface area (TPSA) is 23.1 Å². The van der Waals surface area contributed by atoms with Gasteiger partial charge in [-0.1, -0.05) is 66.4 Å². The minimum Gasteiger partial charge on any atom is -0.606 e. The fourth-order valence-corrected chi connectivity index (χ4v) is 8.72. The van der Waals surface area contributed by atoms with Crippen LogP contribution in [0.1, 0.15) is 11.1 Å². The lowest BCUT2D eigenvalue weighted by Gasteiger charge is -2.21. The number of hydrogen-bond donors (Lipinski definition) is 0. The van der Waals surface area contributed by atoms with E-state index in [1.807, 2.05) is 24.3 Å². The van der Waals surface area contributed by atoms with Crippen molar-refractivity contribution in [3.63, 3.8) is 0 Å². The van der Waals surface area contributed by atoms with Gasteiger partial charge in [-0.05, 0) is 66.7 Å². The highest BCUT2D eigenvalue weighted by Crippen LogP contribution is 2.39. The summed E-state index contributed by atoms with van der Waals surface area (Å²) in [5.41, 5.74) is 2.33. The van der Waals surface area contributed by atoms with Crippen LogP contribution in [-0.4, -0.2) is 4.55 Å². The van der Waals surface area contributed by atoms with Crippen LogP contribution < -0.4 is 0 Å². The molecule has 1 aliphatic heterocycles. The van der Waals surface area contributed by atoms with E-state index >= 15 is 0 Å². The van der Waals surface area contributed by atoms with Crippen LogP contribution >= 0.6 is 11.8 Å². The summed E-state index contributed by atoms with van der Waals surface area (Å²) >= 11 is 0.658. The molecule has 0 bridgehead atoms. The van der Waals surface area contributed by atoms with Gasteiger partial charge in [0.2, 0.25) is 0 Å². The van der Waals surface area contributed by atoms with Crippen LogP contribution in [0, 0.1) is 0 Å². The van der Waals surface area contributed by atoms with Crippen LogP contribution in [0.15, 0.2) is 162 Å². The SMILES string of the molecule is [O-][S+]1c2ccccc2Cc2cc([S+](c3ccccc3)c3ccc(Sc4ccccc4)cc3)ccc21. The van der Waals surface area contributed by atoms with E-state index < -0.39 is 11.2 Å². The first-order valence-corrected chi connectivity index (χ1v) is 14.7. The molecular weight excluding hydrogens is 485 g/mol. The van der Waals surface area contributed by atoms with E-state index in [-0.39, 0.29) is 10.9 Å². The zero-order valence-corrected chi connectivity index (χ0v) is 21.4. The van der Waals surface area contributed by atoms with Crippen LogP contribution in [0.25, 0.3) is 0 Å². The number of benzene rings is 5. The van der Waals surface area contributed by atoms with Gasteiger partial charge >= 0.3 is 0 Å². The minimum atomic E-state index is -1.12. The average molecular weight is 508 g/mol. The second-order valence-corrected chi connectivity index (χ2v) is 12.9. The second kappa shape index (κ2) is 10.00. The summed E-state index contributed by atoms with van der Waals surface area (Å²) < 4.78 is 13.2. The molecule has 1 nitrogen and oxygen atoms in total. The maximum atomic E-state index is 13.2. The Labute approximate surface area is 216 Å². The zero-order valence-electron chi connectivity index (χ0n) is 19.0. The van der Waals surface area contributed by atoms with E-state index in [0.717, 1.165) is 21.8 Å². The molecule has 0 saturated heterocycles. The van der Waals surface area contributed by atoms with Crippen molar-refractivity contribution < 1.29 is 4.55 Å². The van der Waals surface area contributed by atoms with Gasteiger partial charge in [0.05, 0.1) is 10.9 Å². The summed E-state index contributed by atoms with van der Waals surface area (Å²) in [7, 11) is -0.245. The number of hydrogen-bond acceptors (Lipinski definition) is 2. The molecule has 4 heteroatoms. The van der Waals surface area contributed by atoms with Gasteiger partial charge in [0.15, 0.2) is 24.5 Å². The Morgan fingerprint density at radius 2 is 1.11 bits per heavy atom. The third-order valence-electron chi connectivity index (χ3n) is 6.04. The highest BCUT2D eigenvalue weighted by Gasteiger charge is 2.33. The molecule has 0 fully saturated rings. The van der Waals surface area contributed by atoms with Crippen molar-refractivity contribution in [2.45, 2.75) is 40.7 Å². The fourth-order valence-electron chi connectivity index (χ4n) is 4.39. The third kappa shape index (κ3) is 4.67. The van der Waals surface area contributed by atoms with Gasteiger partial charge in [-0.15, -0.1) is 0 Å². The van der Waals surface area contributed by atoms with Crippen molar-refractivity contribution in [2.75, 3.05) is 0 Å². The van der Waals surface area contributed by atoms with E-state index in [0.29, 0.717) is 0 Å². The smallest absolute Gasteiger partial charge is 0.167 e. The van der Waals surface area contributed by atoms with E-state index in [4.69, 9.17) is 0 Å². The van der Waals surface area contributed by atoms with Crippen LogP contribution in [0.2, 0.25) is 0 Å². The first kappa shape index (κ1) is 22.6. The van der Waals surface area contributed by atoms with Crippen molar-refractivity contribution >= 4 is 33.8 Å². The quantitative estimate of drug-likeness (QED) is 0.225. The molecule has 0 spiro atoms. The van der Waals surface area contributed by atoms with Gasteiger partial charge in [-0.2, -0.15) is 0 Å². The fraction of sp³-hybridized carbons (Fsp3) is 0.0323. The van der Waals surface area contributed by atoms with Crippen molar-refractivity contribution in [1.29, 1.82) is 0 Å². The van der Waals surface area contributed by atoms with Crippen LogP contribution in [-0.2, 0) is 28.5 Å². The zero-order chi connectivity index (χ0) is 23.6. The monoisotopic (exact) mass is 507 g/mol. The summed E-state index contributed by atoms with van der Waals surface area (Å²) in [5, 5.41) is 0. The Bertz CT molecular complexity index is 1450. The molecule has 0 aliphatic carbocycles. The lowest BCUT2D eigenvalue weighted by Crippen LogP contribution is -2.15. The largest absolute Gasteiger partial charge is 0.606 e. The molecule has 35 heavy (non-hydrogen) atoms. The molecule has 0 aromatic heterocycles. The predicted octanol–water partition coefficient (Wildman–Crippen LogP) is 8.00. The predicted molar refractivity (Wildman–Crippen MR) is 146 cm³/mol. The van der Waals surface area contributed by atoms with Gasteiger partial charge < -0.3 is 4.55 Å². The van der Waals surface area contributed by atoms with E-state index in [1.165, 1.54) is 30.0 Å². The molecular formula is C31H23OS3+. The summed E-state index contributed by atoms with van der Waals surface area (Å²) in [6, 6.07) is 44.8. The molecule has 0 N–H and O–H groups in total. The van der Waals surface area contributed by atoms with Gasteiger partial charge in [0.1, 0.15) is 0 Å². The summed E-state index contributed by atoms with van der Waals surface area (Å²) in [5.74, 6) is 0. The van der Waals surface area contributed by atoms with Crippen molar-refractivity contribution in [2.24, 2.45) is 0 Å². The standard InChI is InChI=1S/C31H23OS3/c32-35-30-14-8-7-9-23(30)21-24-22-29(19-20-31(24)35)34(27-12-5-2-6-13-27)28-17-15-26(16-18-28)33-25-10-3-1-4-11-25/h1-20,22H,21H2/q+1. The Kier molecular flexibility index (Phi) is 6.45. The molecule has 1 heterocycles. The first-order chi connectivity index (χ1) is 17.3. The first-order valence-electron chi connectivity index (χ1n) is 11.5. The number of fused-ring (bicyclic) bond motifs is 2. The van der Waals surface area contributed by atoms with Crippen molar-refractivity contribution in [1.82, 2.24) is 0 Å². The Morgan fingerprint density at radius 1 is 0.543 bits per heavy atom. The normalized spacial score (nSPS) is 15.2. The van der Waals surface area contributed by atoms with E-state index in [9.17, 15) is 4.55 Å². The Balaban J connectivity index is 1.37. The molecule has 0 saturated carbocycles. The molecule has 2 atom stereocenters. The minimum absolute atomic E-state index is 0.245. The molecule has 0 amide bonds. The molecule has 2 unspecified atom stereocenters. The third-order valence-corrected chi connectivity index (χ3v) is 10.9. The van der Waals surface area contributed by atoms with Gasteiger partial charge in [0.25, 0.3) is 0 Å². The van der Waals surface area contributed by atoms with Crippen molar-refractivity contribution in [3.8, 4) is 0 Å². The highest BCUT2D eigenvalue weighted by atomic mass is 32.2. The van der Waals surface area contributed by atoms with E-state index in [1.54, 1.807) is 11.8 Å². The van der Waals surface area contributed by atoms with Crippen LogP contribution in [0.3, 0.4) is 0 Å². The number of rotatable bonds is 5. The second-order valence-electron chi connectivity index (χ2n) is 8.33. The maximum Gasteiger partial charge on any atom is 0.167 e. The summed E-state index contributed by atoms with van der Waals surface area (Å²) in [4.78, 5) is 8.19. The van der Waals surface area contributed by atoms with Crippen molar-refractivity contribution in [3.05, 3.63) is 139 Å². The van der Waals surface area contributed by atoms with Gasteiger partial charge in [-0.3, -0.25) is 0 Å². The highest BCUT2D eigenvalue weighted by molar-refractivity contribution is 7.99. The molecule has 6 rings (SSSR count). The summed E-state index contributed by atoms with van der Waals surface area (Å²) in [6.45, 7) is 0. The van der Waals surface area contributed by atoms with E-state index in [2.05, 4.69) is 103 Å². The molecule has 1 aliphatic rings. The molecule has 5 aromatic rings.